The number of rotatable bonds is 0. The van der Waals surface area contributed by atoms with Crippen molar-refractivity contribution in [1.29, 1.82) is 0 Å². The Bertz CT molecular complexity index is 198. The van der Waals surface area contributed by atoms with E-state index in [1.807, 2.05) is 0 Å². The van der Waals surface area contributed by atoms with Gasteiger partial charge in [0.15, 0.2) is 0 Å². The van der Waals surface area contributed by atoms with Crippen molar-refractivity contribution < 1.29 is 0 Å². The normalized spacial score (nSPS) is 43.7. The lowest BCUT2D eigenvalue weighted by atomic mass is 9.73. The average Bonchev–Trinajstić information content (AvgIpc) is 2.44. The van der Waals surface area contributed by atoms with Crippen molar-refractivity contribution in [2.24, 2.45) is 17.3 Å². The number of allylic oxidation sites excluding steroid dienone is 2. The van der Waals surface area contributed by atoms with Gasteiger partial charge in [0.1, 0.15) is 0 Å². The molecule has 0 aliphatic heterocycles. The first-order valence-corrected chi connectivity index (χ1v) is 4.83. The monoisotopic (exact) mass is 150 g/mol. The zero-order valence-electron chi connectivity index (χ0n) is 7.85. The van der Waals surface area contributed by atoms with Gasteiger partial charge in [-0.25, -0.2) is 0 Å². The van der Waals surface area contributed by atoms with Gasteiger partial charge in [0.05, 0.1) is 0 Å². The molecule has 2 aliphatic rings. The minimum atomic E-state index is 0.539. The van der Waals surface area contributed by atoms with Crippen molar-refractivity contribution in [2.75, 3.05) is 0 Å². The highest BCUT2D eigenvalue weighted by Gasteiger charge is 2.48. The van der Waals surface area contributed by atoms with Crippen LogP contribution in [0.4, 0.5) is 0 Å². The molecular formula is C11H18. The Hall–Kier alpha value is -0.260. The molecular weight excluding hydrogens is 132 g/mol. The molecule has 2 bridgehead atoms. The Labute approximate surface area is 69.7 Å². The van der Waals surface area contributed by atoms with E-state index in [4.69, 9.17) is 0 Å². The van der Waals surface area contributed by atoms with Crippen LogP contribution >= 0.6 is 0 Å². The smallest absolute Gasteiger partial charge is 0.0114 e. The van der Waals surface area contributed by atoms with Crippen molar-refractivity contribution in [2.45, 2.75) is 40.0 Å². The van der Waals surface area contributed by atoms with E-state index in [0.717, 1.165) is 11.8 Å². The maximum atomic E-state index is 2.42. The van der Waals surface area contributed by atoms with Gasteiger partial charge in [-0.3, -0.25) is 0 Å². The minimum absolute atomic E-state index is 0.539. The summed E-state index contributed by atoms with van der Waals surface area (Å²) in [5.41, 5.74) is 2.28. The molecule has 0 saturated heterocycles. The van der Waals surface area contributed by atoms with Crippen LogP contribution in [0.15, 0.2) is 11.6 Å². The SMILES string of the molecule is C/C=C1\[C@@H]2CC[C@@H](C2)C1(C)C. The topological polar surface area (TPSA) is 0 Å². The summed E-state index contributed by atoms with van der Waals surface area (Å²) in [6.45, 7) is 7.05. The molecule has 2 fully saturated rings. The highest BCUT2D eigenvalue weighted by molar-refractivity contribution is 5.25. The van der Waals surface area contributed by atoms with E-state index in [9.17, 15) is 0 Å². The van der Waals surface area contributed by atoms with Crippen LogP contribution in [-0.2, 0) is 0 Å². The van der Waals surface area contributed by atoms with Crippen LogP contribution in [-0.4, -0.2) is 0 Å². The summed E-state index contributed by atoms with van der Waals surface area (Å²) in [7, 11) is 0. The van der Waals surface area contributed by atoms with Crippen molar-refractivity contribution in [3.8, 4) is 0 Å². The van der Waals surface area contributed by atoms with Gasteiger partial charge in [-0.15, -0.1) is 0 Å². The highest BCUT2D eigenvalue weighted by atomic mass is 14.5. The second kappa shape index (κ2) is 2.12. The van der Waals surface area contributed by atoms with E-state index in [2.05, 4.69) is 26.8 Å². The van der Waals surface area contributed by atoms with E-state index >= 15 is 0 Å². The number of hydrogen-bond donors (Lipinski definition) is 0. The molecule has 0 aromatic carbocycles. The zero-order chi connectivity index (χ0) is 8.06. The predicted molar refractivity (Wildman–Crippen MR) is 48.4 cm³/mol. The van der Waals surface area contributed by atoms with Crippen LogP contribution in [0.5, 0.6) is 0 Å². The average molecular weight is 150 g/mol. The van der Waals surface area contributed by atoms with Gasteiger partial charge in [-0.2, -0.15) is 0 Å². The largest absolute Gasteiger partial charge is 0.0876 e. The van der Waals surface area contributed by atoms with E-state index in [1.165, 1.54) is 19.3 Å². The molecule has 0 amide bonds. The number of hydrogen-bond acceptors (Lipinski definition) is 0. The fourth-order valence-corrected chi connectivity index (χ4v) is 3.29. The summed E-state index contributed by atoms with van der Waals surface area (Å²) >= 11 is 0. The van der Waals surface area contributed by atoms with Gasteiger partial charge in [0.25, 0.3) is 0 Å². The Morgan fingerprint density at radius 2 is 2.09 bits per heavy atom. The van der Waals surface area contributed by atoms with E-state index in [0.29, 0.717) is 5.41 Å². The lowest BCUT2D eigenvalue weighted by Gasteiger charge is -2.32. The first-order chi connectivity index (χ1) is 5.16. The highest BCUT2D eigenvalue weighted by Crippen LogP contribution is 2.58. The molecule has 11 heavy (non-hydrogen) atoms. The standard InChI is InChI=1S/C11H18/c1-4-10-8-5-6-9(7-8)11(10,2)3/h4,8-9H,5-7H2,1-3H3/b10-4+/t8-,9+/m1/s1. The van der Waals surface area contributed by atoms with Crippen LogP contribution in [0.3, 0.4) is 0 Å². The molecule has 0 spiro atoms. The second-order valence-corrected chi connectivity index (χ2v) is 4.67. The van der Waals surface area contributed by atoms with Gasteiger partial charge in [-0.1, -0.05) is 25.5 Å². The van der Waals surface area contributed by atoms with E-state index < -0.39 is 0 Å². The molecule has 2 rings (SSSR count). The molecule has 0 heterocycles. The van der Waals surface area contributed by atoms with Gasteiger partial charge in [0, 0.05) is 0 Å². The van der Waals surface area contributed by atoms with Crippen LogP contribution in [0.25, 0.3) is 0 Å². The predicted octanol–water partition coefficient (Wildman–Crippen LogP) is 3.39. The van der Waals surface area contributed by atoms with Gasteiger partial charge < -0.3 is 0 Å². The van der Waals surface area contributed by atoms with Crippen molar-refractivity contribution in [1.82, 2.24) is 0 Å². The number of fused-ring (bicyclic) bond motifs is 2. The summed E-state index contributed by atoms with van der Waals surface area (Å²) in [5.74, 6) is 1.96. The van der Waals surface area contributed by atoms with Crippen LogP contribution < -0.4 is 0 Å². The van der Waals surface area contributed by atoms with Crippen LogP contribution in [0.2, 0.25) is 0 Å². The maximum Gasteiger partial charge on any atom is -0.0114 e. The lowest BCUT2D eigenvalue weighted by molar-refractivity contribution is 0.287. The quantitative estimate of drug-likeness (QED) is 0.464. The zero-order valence-corrected chi connectivity index (χ0v) is 7.85. The fourth-order valence-electron chi connectivity index (χ4n) is 3.29. The third kappa shape index (κ3) is 0.816. The Balaban J connectivity index is 2.36. The van der Waals surface area contributed by atoms with Gasteiger partial charge in [-0.05, 0) is 43.4 Å². The van der Waals surface area contributed by atoms with Crippen molar-refractivity contribution in [3.63, 3.8) is 0 Å². The minimum Gasteiger partial charge on any atom is -0.0876 e. The third-order valence-electron chi connectivity index (χ3n) is 3.95. The van der Waals surface area contributed by atoms with Gasteiger partial charge >= 0.3 is 0 Å². The molecule has 2 atom stereocenters. The maximum absolute atomic E-state index is 2.42. The first kappa shape index (κ1) is 7.39. The van der Waals surface area contributed by atoms with Crippen molar-refractivity contribution in [3.05, 3.63) is 11.6 Å². The van der Waals surface area contributed by atoms with Crippen LogP contribution in [0, 0.1) is 17.3 Å². The molecule has 0 unspecified atom stereocenters. The van der Waals surface area contributed by atoms with Crippen LogP contribution in [0.1, 0.15) is 40.0 Å². The summed E-state index contributed by atoms with van der Waals surface area (Å²) in [6, 6.07) is 0. The molecule has 0 nitrogen and oxygen atoms in total. The molecule has 62 valence electrons. The van der Waals surface area contributed by atoms with Gasteiger partial charge in [0.2, 0.25) is 0 Å². The van der Waals surface area contributed by atoms with Crippen molar-refractivity contribution >= 4 is 0 Å². The Morgan fingerprint density at radius 1 is 1.36 bits per heavy atom. The molecule has 0 N–H and O–H groups in total. The fraction of sp³-hybridized carbons (Fsp3) is 0.818. The van der Waals surface area contributed by atoms with E-state index in [1.54, 1.807) is 5.57 Å². The molecule has 0 aromatic rings. The Kier molecular flexibility index (Phi) is 1.42. The Morgan fingerprint density at radius 3 is 2.45 bits per heavy atom. The molecule has 0 aromatic heterocycles. The third-order valence-corrected chi connectivity index (χ3v) is 3.95. The summed E-state index contributed by atoms with van der Waals surface area (Å²) < 4.78 is 0. The second-order valence-electron chi connectivity index (χ2n) is 4.67. The lowest BCUT2D eigenvalue weighted by Crippen LogP contribution is -2.22. The summed E-state index contributed by atoms with van der Waals surface area (Å²) in [4.78, 5) is 0. The molecule has 0 radical (unpaired) electrons. The molecule has 2 saturated carbocycles. The first-order valence-electron chi connectivity index (χ1n) is 4.83. The molecule has 0 heteroatoms. The van der Waals surface area contributed by atoms with E-state index in [-0.39, 0.29) is 0 Å². The summed E-state index contributed by atoms with van der Waals surface area (Å²) in [5, 5.41) is 0. The molecule has 2 aliphatic carbocycles. The summed E-state index contributed by atoms with van der Waals surface area (Å²) in [6.07, 6.45) is 6.79.